The quantitative estimate of drug-likeness (QED) is 0.623. The van der Waals surface area contributed by atoms with Gasteiger partial charge in [-0.15, -0.1) is 0 Å². The average molecular weight is 248 g/mol. The van der Waals surface area contributed by atoms with Crippen molar-refractivity contribution in [2.75, 3.05) is 6.61 Å². The summed E-state index contributed by atoms with van der Waals surface area (Å²) < 4.78 is 5.95. The van der Waals surface area contributed by atoms with Crippen molar-refractivity contribution in [3.63, 3.8) is 0 Å². The maximum absolute atomic E-state index is 5.95. The monoisotopic (exact) mass is 248 g/mol. The van der Waals surface area contributed by atoms with Gasteiger partial charge in [-0.25, -0.2) is 15.4 Å². The maximum atomic E-state index is 5.95. The van der Waals surface area contributed by atoms with Crippen LogP contribution in [0.2, 0.25) is 0 Å². The largest absolute Gasteiger partial charge is 0.375 e. The molecular weight excluding hydrogens is 228 g/mol. The predicted octanol–water partition coefficient (Wildman–Crippen LogP) is 1.33. The minimum Gasteiger partial charge on any atom is -0.375 e. The van der Waals surface area contributed by atoms with Crippen LogP contribution in [-0.4, -0.2) is 22.2 Å². The molecule has 2 unspecified atom stereocenters. The second kappa shape index (κ2) is 4.91. The summed E-state index contributed by atoms with van der Waals surface area (Å²) in [4.78, 5) is 8.64. The van der Waals surface area contributed by atoms with E-state index in [-0.39, 0.29) is 11.6 Å². The molecule has 1 spiro atoms. The fourth-order valence-corrected chi connectivity index (χ4v) is 3.16. The van der Waals surface area contributed by atoms with E-state index in [1.807, 2.05) is 6.07 Å². The SMILES string of the molecule is NNC(c1ncccn1)C1CCOC2(CCC2)C1. The highest BCUT2D eigenvalue weighted by Crippen LogP contribution is 2.46. The van der Waals surface area contributed by atoms with Crippen LogP contribution in [0, 0.1) is 5.92 Å². The van der Waals surface area contributed by atoms with Crippen LogP contribution in [0.15, 0.2) is 18.5 Å². The number of hydrazine groups is 1. The van der Waals surface area contributed by atoms with Crippen molar-refractivity contribution < 1.29 is 4.74 Å². The summed E-state index contributed by atoms with van der Waals surface area (Å²) in [5.74, 6) is 6.97. The first-order valence-electron chi connectivity index (χ1n) is 6.70. The van der Waals surface area contributed by atoms with Crippen molar-refractivity contribution in [1.82, 2.24) is 15.4 Å². The van der Waals surface area contributed by atoms with E-state index in [0.29, 0.717) is 5.92 Å². The number of ether oxygens (including phenoxy) is 1. The van der Waals surface area contributed by atoms with E-state index in [0.717, 1.165) is 25.3 Å². The van der Waals surface area contributed by atoms with Crippen LogP contribution in [-0.2, 0) is 4.74 Å². The van der Waals surface area contributed by atoms with Crippen LogP contribution >= 0.6 is 0 Å². The smallest absolute Gasteiger partial charge is 0.146 e. The van der Waals surface area contributed by atoms with Gasteiger partial charge < -0.3 is 4.74 Å². The van der Waals surface area contributed by atoms with E-state index in [2.05, 4.69) is 15.4 Å². The number of nitrogens with zero attached hydrogens (tertiary/aromatic N) is 2. The zero-order valence-electron chi connectivity index (χ0n) is 10.5. The average Bonchev–Trinajstić information content (AvgIpc) is 2.39. The van der Waals surface area contributed by atoms with Gasteiger partial charge in [0.05, 0.1) is 11.6 Å². The van der Waals surface area contributed by atoms with Crippen LogP contribution in [0.1, 0.15) is 44.0 Å². The number of rotatable bonds is 3. The van der Waals surface area contributed by atoms with Gasteiger partial charge in [0, 0.05) is 19.0 Å². The minimum absolute atomic E-state index is 0.0348. The lowest BCUT2D eigenvalue weighted by Gasteiger charge is -2.48. The standard InChI is InChI=1S/C13H20N4O/c14-17-11(12-15-6-2-7-16-12)10-3-8-18-13(9-10)4-1-5-13/h2,6-7,10-11,17H,1,3-5,8-9,14H2. The molecule has 0 amide bonds. The Balaban J connectivity index is 1.75. The van der Waals surface area contributed by atoms with Crippen LogP contribution < -0.4 is 11.3 Å². The minimum atomic E-state index is 0.0348. The number of nitrogens with two attached hydrogens (primary N) is 1. The summed E-state index contributed by atoms with van der Waals surface area (Å²) >= 11 is 0. The molecule has 3 N–H and O–H groups in total. The molecule has 2 heterocycles. The van der Waals surface area contributed by atoms with E-state index in [4.69, 9.17) is 10.6 Å². The maximum Gasteiger partial charge on any atom is 0.146 e. The number of nitrogens with one attached hydrogen (secondary N) is 1. The molecule has 2 aliphatic rings. The molecule has 5 heteroatoms. The summed E-state index contributed by atoms with van der Waals surface area (Å²) in [5, 5.41) is 0. The van der Waals surface area contributed by atoms with Crippen molar-refractivity contribution in [2.45, 2.75) is 43.7 Å². The molecule has 1 aromatic rings. The molecule has 2 atom stereocenters. The molecule has 3 rings (SSSR count). The Hall–Kier alpha value is -1.04. The number of hydrogen-bond acceptors (Lipinski definition) is 5. The number of hydrogen-bond donors (Lipinski definition) is 2. The molecule has 2 fully saturated rings. The van der Waals surface area contributed by atoms with Gasteiger partial charge in [0.15, 0.2) is 0 Å². The van der Waals surface area contributed by atoms with Gasteiger partial charge in [-0.05, 0) is 44.1 Å². The Bertz CT molecular complexity index is 393. The summed E-state index contributed by atoms with van der Waals surface area (Å²) in [6.45, 7) is 0.829. The fraction of sp³-hybridized carbons (Fsp3) is 0.692. The molecule has 5 nitrogen and oxygen atoms in total. The third-order valence-electron chi connectivity index (χ3n) is 4.31. The fourth-order valence-electron chi connectivity index (χ4n) is 3.16. The Morgan fingerprint density at radius 2 is 2.17 bits per heavy atom. The molecule has 1 aliphatic heterocycles. The van der Waals surface area contributed by atoms with Crippen LogP contribution in [0.5, 0.6) is 0 Å². The van der Waals surface area contributed by atoms with E-state index >= 15 is 0 Å². The molecule has 0 aromatic carbocycles. The van der Waals surface area contributed by atoms with Crippen molar-refractivity contribution in [1.29, 1.82) is 0 Å². The van der Waals surface area contributed by atoms with E-state index in [1.165, 1.54) is 19.3 Å². The topological polar surface area (TPSA) is 73.1 Å². The molecule has 18 heavy (non-hydrogen) atoms. The van der Waals surface area contributed by atoms with Crippen molar-refractivity contribution in [3.05, 3.63) is 24.3 Å². The highest BCUT2D eigenvalue weighted by Gasteiger charge is 2.44. The lowest BCUT2D eigenvalue weighted by atomic mass is 9.70. The van der Waals surface area contributed by atoms with Gasteiger partial charge >= 0.3 is 0 Å². The van der Waals surface area contributed by atoms with Gasteiger partial charge in [-0.2, -0.15) is 0 Å². The molecular formula is C13H20N4O. The van der Waals surface area contributed by atoms with Gasteiger partial charge in [0.2, 0.25) is 0 Å². The zero-order valence-corrected chi connectivity index (χ0v) is 10.5. The lowest BCUT2D eigenvalue weighted by molar-refractivity contribution is -0.147. The third kappa shape index (κ3) is 2.13. The molecule has 0 radical (unpaired) electrons. The second-order valence-corrected chi connectivity index (χ2v) is 5.39. The van der Waals surface area contributed by atoms with Crippen LogP contribution in [0.3, 0.4) is 0 Å². The Labute approximate surface area is 107 Å². The van der Waals surface area contributed by atoms with Gasteiger partial charge in [0.1, 0.15) is 5.82 Å². The number of aromatic nitrogens is 2. The molecule has 1 aliphatic carbocycles. The van der Waals surface area contributed by atoms with Crippen molar-refractivity contribution >= 4 is 0 Å². The normalized spacial score (nSPS) is 27.7. The second-order valence-electron chi connectivity index (χ2n) is 5.39. The third-order valence-corrected chi connectivity index (χ3v) is 4.31. The zero-order chi connectivity index (χ0) is 12.4. The van der Waals surface area contributed by atoms with Crippen molar-refractivity contribution in [2.24, 2.45) is 11.8 Å². The Kier molecular flexibility index (Phi) is 3.28. The molecule has 0 bridgehead atoms. The van der Waals surface area contributed by atoms with E-state index in [9.17, 15) is 0 Å². The van der Waals surface area contributed by atoms with Gasteiger partial charge in [0.25, 0.3) is 0 Å². The summed E-state index contributed by atoms with van der Waals surface area (Å²) in [6.07, 6.45) is 9.30. The first-order valence-corrected chi connectivity index (χ1v) is 6.70. The summed E-state index contributed by atoms with van der Waals surface area (Å²) in [6, 6.07) is 1.86. The molecule has 1 aromatic heterocycles. The molecule has 98 valence electrons. The summed E-state index contributed by atoms with van der Waals surface area (Å²) in [5.41, 5.74) is 3.03. The highest BCUT2D eigenvalue weighted by molar-refractivity contribution is 5.02. The van der Waals surface area contributed by atoms with E-state index < -0.39 is 0 Å². The molecule has 1 saturated carbocycles. The van der Waals surface area contributed by atoms with Gasteiger partial charge in [-0.1, -0.05) is 0 Å². The van der Waals surface area contributed by atoms with E-state index in [1.54, 1.807) is 12.4 Å². The first-order chi connectivity index (χ1) is 8.83. The van der Waals surface area contributed by atoms with Crippen LogP contribution in [0.25, 0.3) is 0 Å². The Morgan fingerprint density at radius 1 is 1.39 bits per heavy atom. The lowest BCUT2D eigenvalue weighted by Crippen LogP contribution is -2.49. The highest BCUT2D eigenvalue weighted by atomic mass is 16.5. The van der Waals surface area contributed by atoms with Crippen molar-refractivity contribution in [3.8, 4) is 0 Å². The first kappa shape index (κ1) is 12.0. The summed E-state index contributed by atoms with van der Waals surface area (Å²) in [7, 11) is 0. The van der Waals surface area contributed by atoms with Crippen LogP contribution in [0.4, 0.5) is 0 Å². The molecule has 1 saturated heterocycles. The Morgan fingerprint density at radius 3 is 2.78 bits per heavy atom. The predicted molar refractivity (Wildman–Crippen MR) is 67.4 cm³/mol. The van der Waals surface area contributed by atoms with Gasteiger partial charge in [-0.3, -0.25) is 5.84 Å².